The van der Waals surface area contributed by atoms with Crippen LogP contribution in [0.25, 0.3) is 0 Å². The van der Waals surface area contributed by atoms with Crippen molar-refractivity contribution in [3.05, 3.63) is 95.3 Å². The van der Waals surface area contributed by atoms with Gasteiger partial charge in [-0.05, 0) is 67.8 Å². The smallest absolute Gasteiger partial charge is 0.251 e. The van der Waals surface area contributed by atoms with Crippen LogP contribution in [0.4, 0.5) is 4.39 Å². The molecule has 0 fully saturated rings. The predicted octanol–water partition coefficient (Wildman–Crippen LogP) is 3.68. The molecular formula is C29H29FN2O5S. The van der Waals surface area contributed by atoms with E-state index in [1.54, 1.807) is 13.8 Å². The van der Waals surface area contributed by atoms with Gasteiger partial charge in [-0.15, -0.1) is 6.42 Å². The summed E-state index contributed by atoms with van der Waals surface area (Å²) in [5, 5.41) is 2.75. The van der Waals surface area contributed by atoms with Gasteiger partial charge in [0.05, 0.1) is 18.7 Å². The number of hydrogen-bond acceptors (Lipinski definition) is 5. The number of ether oxygens (including phenoxy) is 1. The molecule has 9 heteroatoms. The molecule has 0 aliphatic heterocycles. The van der Waals surface area contributed by atoms with E-state index in [1.807, 2.05) is 30.3 Å². The second-order valence-corrected chi connectivity index (χ2v) is 10.9. The molecular weight excluding hydrogens is 507 g/mol. The molecule has 198 valence electrons. The molecule has 0 spiro atoms. The Kier molecular flexibility index (Phi) is 9.04. The number of rotatable bonds is 11. The van der Waals surface area contributed by atoms with Crippen molar-refractivity contribution in [1.82, 2.24) is 10.0 Å². The Morgan fingerprint density at radius 1 is 1.03 bits per heavy atom. The van der Waals surface area contributed by atoms with Gasteiger partial charge < -0.3 is 10.1 Å². The molecule has 2 N–H and O–H groups in total. The van der Waals surface area contributed by atoms with Crippen molar-refractivity contribution in [2.75, 3.05) is 7.11 Å². The third kappa shape index (κ3) is 7.51. The fraction of sp³-hybridized carbons (Fsp3) is 0.241. The van der Waals surface area contributed by atoms with Crippen LogP contribution in [0.1, 0.15) is 35.3 Å². The average molecular weight is 537 g/mol. The van der Waals surface area contributed by atoms with Crippen molar-refractivity contribution in [3.8, 4) is 18.1 Å². The molecule has 0 bridgehead atoms. The first-order chi connectivity index (χ1) is 17.9. The number of methoxy groups -OCH3 is 1. The van der Waals surface area contributed by atoms with Gasteiger partial charge in [-0.3, -0.25) is 9.59 Å². The topological polar surface area (TPSA) is 102 Å². The maximum Gasteiger partial charge on any atom is 0.251 e. The molecule has 7 nitrogen and oxygen atoms in total. The van der Waals surface area contributed by atoms with E-state index in [2.05, 4.69) is 16.0 Å². The molecule has 0 radical (unpaired) electrons. The highest BCUT2D eigenvalue weighted by Gasteiger charge is 2.28. The van der Waals surface area contributed by atoms with Crippen LogP contribution in [-0.2, 0) is 27.7 Å². The molecule has 1 amide bonds. The van der Waals surface area contributed by atoms with Gasteiger partial charge in [0.25, 0.3) is 5.91 Å². The number of Topliss-reactive ketones (excluding diaryl/α,β-unsaturated/α-hetero) is 1. The van der Waals surface area contributed by atoms with Crippen molar-refractivity contribution >= 4 is 21.7 Å². The Morgan fingerprint density at radius 3 is 2.29 bits per heavy atom. The normalized spacial score (nSPS) is 12.3. The van der Waals surface area contributed by atoms with Crippen molar-refractivity contribution in [1.29, 1.82) is 0 Å². The largest absolute Gasteiger partial charge is 0.495 e. The fourth-order valence-electron chi connectivity index (χ4n) is 3.73. The van der Waals surface area contributed by atoms with Crippen LogP contribution in [0.2, 0.25) is 0 Å². The molecule has 38 heavy (non-hydrogen) atoms. The molecule has 3 aromatic rings. The quantitative estimate of drug-likeness (QED) is 0.364. The summed E-state index contributed by atoms with van der Waals surface area (Å²) in [7, 11) is -2.68. The first-order valence-corrected chi connectivity index (χ1v) is 13.2. The first-order valence-electron chi connectivity index (χ1n) is 11.8. The van der Waals surface area contributed by atoms with Gasteiger partial charge in [0.15, 0.2) is 5.78 Å². The van der Waals surface area contributed by atoms with Crippen molar-refractivity contribution in [3.63, 3.8) is 0 Å². The fourth-order valence-corrected chi connectivity index (χ4v) is 5.22. The van der Waals surface area contributed by atoms with Crippen LogP contribution in [0.5, 0.6) is 5.75 Å². The van der Waals surface area contributed by atoms with Gasteiger partial charge in [-0.1, -0.05) is 42.3 Å². The monoisotopic (exact) mass is 536 g/mol. The number of terminal acetylenes is 1. The van der Waals surface area contributed by atoms with E-state index in [1.165, 1.54) is 49.6 Å². The van der Waals surface area contributed by atoms with Crippen LogP contribution >= 0.6 is 0 Å². The predicted molar refractivity (Wildman–Crippen MR) is 143 cm³/mol. The standard InChI is InChI=1S/C29H29FN2O5S/c1-5-29(2,3)32-38(35,36)27-16-11-21(19-26(27)37-4)18-25(33)24(17-20-9-7-6-8-10-20)31-28(34)22-12-14-23(30)15-13-22/h1,6-16,19,24,32H,17-18H2,2-4H3,(H,31,34)/t24-/m0/s1. The summed E-state index contributed by atoms with van der Waals surface area (Å²) < 4.78 is 46.8. The number of halogens is 1. The van der Waals surface area contributed by atoms with Gasteiger partial charge in [-0.25, -0.2) is 12.8 Å². The minimum atomic E-state index is -4.01. The number of amides is 1. The lowest BCUT2D eigenvalue weighted by Crippen LogP contribution is -2.43. The molecule has 0 saturated heterocycles. The number of hydrogen-bond donors (Lipinski definition) is 2. The number of nitrogens with one attached hydrogen (secondary N) is 2. The number of carbonyl (C=O) groups excluding carboxylic acids is 2. The SMILES string of the molecule is C#CC(C)(C)NS(=O)(=O)c1ccc(CC(=O)[C@H](Cc2ccccc2)NC(=O)c2ccc(F)cc2)cc1OC. The molecule has 1 atom stereocenters. The zero-order valence-corrected chi connectivity index (χ0v) is 22.1. The van der Waals surface area contributed by atoms with E-state index in [0.29, 0.717) is 5.56 Å². The van der Waals surface area contributed by atoms with E-state index < -0.39 is 33.3 Å². The summed E-state index contributed by atoms with van der Waals surface area (Å²) in [5.74, 6) is 1.14. The van der Waals surface area contributed by atoms with E-state index in [0.717, 1.165) is 5.56 Å². The summed E-state index contributed by atoms with van der Waals surface area (Å²) in [6, 6.07) is 17.7. The lowest BCUT2D eigenvalue weighted by atomic mass is 9.97. The van der Waals surface area contributed by atoms with E-state index >= 15 is 0 Å². The highest BCUT2D eigenvalue weighted by Crippen LogP contribution is 2.26. The summed E-state index contributed by atoms with van der Waals surface area (Å²) in [5.41, 5.74) is 0.435. The third-order valence-corrected chi connectivity index (χ3v) is 7.42. The lowest BCUT2D eigenvalue weighted by Gasteiger charge is -2.21. The minimum absolute atomic E-state index is 0.0468. The Morgan fingerprint density at radius 2 is 1.68 bits per heavy atom. The molecule has 0 unspecified atom stereocenters. The molecule has 3 rings (SSSR count). The highest BCUT2D eigenvalue weighted by molar-refractivity contribution is 7.89. The van der Waals surface area contributed by atoms with Crippen LogP contribution in [0.3, 0.4) is 0 Å². The molecule has 0 aliphatic carbocycles. The summed E-state index contributed by atoms with van der Waals surface area (Å²) >= 11 is 0. The van der Waals surface area contributed by atoms with E-state index in [-0.39, 0.29) is 34.8 Å². The number of carbonyl (C=O) groups is 2. The van der Waals surface area contributed by atoms with E-state index in [9.17, 15) is 22.4 Å². The van der Waals surface area contributed by atoms with Crippen LogP contribution in [0.15, 0.2) is 77.7 Å². The van der Waals surface area contributed by atoms with Crippen LogP contribution in [0, 0.1) is 18.2 Å². The van der Waals surface area contributed by atoms with Crippen molar-refractivity contribution in [2.24, 2.45) is 0 Å². The molecule has 3 aromatic carbocycles. The zero-order valence-electron chi connectivity index (χ0n) is 21.3. The molecule has 0 heterocycles. The number of ketones is 1. The van der Waals surface area contributed by atoms with Gasteiger partial charge in [0.1, 0.15) is 16.5 Å². The number of benzene rings is 3. The van der Waals surface area contributed by atoms with Crippen LogP contribution < -0.4 is 14.8 Å². The lowest BCUT2D eigenvalue weighted by molar-refractivity contribution is -0.120. The molecule has 0 aliphatic rings. The minimum Gasteiger partial charge on any atom is -0.495 e. The highest BCUT2D eigenvalue weighted by atomic mass is 32.2. The second-order valence-electron chi connectivity index (χ2n) is 9.23. The van der Waals surface area contributed by atoms with Crippen molar-refractivity contribution < 1.29 is 27.1 Å². The summed E-state index contributed by atoms with van der Waals surface area (Å²) in [6.45, 7) is 3.11. The zero-order chi connectivity index (χ0) is 27.9. The average Bonchev–Trinajstić information content (AvgIpc) is 2.88. The van der Waals surface area contributed by atoms with Gasteiger partial charge in [0.2, 0.25) is 10.0 Å². The van der Waals surface area contributed by atoms with Crippen LogP contribution in [-0.4, -0.2) is 38.8 Å². The Labute approximate surface area is 222 Å². The maximum atomic E-state index is 13.4. The van der Waals surface area contributed by atoms with Gasteiger partial charge >= 0.3 is 0 Å². The van der Waals surface area contributed by atoms with Gasteiger partial charge in [-0.2, -0.15) is 4.72 Å². The second kappa shape index (κ2) is 12.0. The number of sulfonamides is 1. The Hall–Kier alpha value is -4.00. The van der Waals surface area contributed by atoms with E-state index in [4.69, 9.17) is 11.2 Å². The summed E-state index contributed by atoms with van der Waals surface area (Å²) in [4.78, 5) is 26.1. The Balaban J connectivity index is 1.85. The summed E-state index contributed by atoms with van der Waals surface area (Å²) in [6.07, 6.45) is 5.55. The third-order valence-electron chi connectivity index (χ3n) is 5.73. The Bertz CT molecular complexity index is 1450. The molecule has 0 saturated carbocycles. The first kappa shape index (κ1) is 28.6. The van der Waals surface area contributed by atoms with Crippen molar-refractivity contribution in [2.45, 2.75) is 43.2 Å². The molecule has 0 aromatic heterocycles. The maximum absolute atomic E-state index is 13.4. The van der Waals surface area contributed by atoms with Gasteiger partial charge in [0, 0.05) is 12.0 Å².